The van der Waals surface area contributed by atoms with Gasteiger partial charge in [0.05, 0.1) is 31.4 Å². The Hall–Kier alpha value is -2.21. The normalized spacial score (nSPS) is 11.8. The number of carbonyl (C=O) groups is 2. The van der Waals surface area contributed by atoms with E-state index in [1.54, 1.807) is 24.9 Å². The highest BCUT2D eigenvalue weighted by Gasteiger charge is 2.23. The minimum Gasteiger partial charge on any atom is -0.469 e. The topological polar surface area (TPSA) is 68.5 Å². The number of carbonyl (C=O) groups excluding carboxylic acids is 2. The van der Waals surface area contributed by atoms with Crippen molar-refractivity contribution in [2.75, 3.05) is 13.4 Å². The molecule has 128 valence electrons. The van der Waals surface area contributed by atoms with E-state index in [1.807, 2.05) is 37.4 Å². The molecule has 0 fully saturated rings. The average molecular weight is 347 g/mol. The lowest BCUT2D eigenvalue weighted by molar-refractivity contribution is -0.141. The summed E-state index contributed by atoms with van der Waals surface area (Å²) >= 11 is 1.63. The van der Waals surface area contributed by atoms with Crippen molar-refractivity contribution in [3.05, 3.63) is 53.0 Å². The van der Waals surface area contributed by atoms with Crippen molar-refractivity contribution in [3.8, 4) is 0 Å². The van der Waals surface area contributed by atoms with Gasteiger partial charge in [0.2, 0.25) is 0 Å². The summed E-state index contributed by atoms with van der Waals surface area (Å²) < 4.78 is 10.0. The summed E-state index contributed by atoms with van der Waals surface area (Å²) in [6.07, 6.45) is 3.61. The minimum absolute atomic E-state index is 0.0663. The van der Waals surface area contributed by atoms with Gasteiger partial charge >= 0.3 is 5.97 Å². The van der Waals surface area contributed by atoms with Gasteiger partial charge in [-0.1, -0.05) is 12.1 Å². The lowest BCUT2D eigenvalue weighted by Crippen LogP contribution is -2.31. The first-order valence-corrected chi connectivity index (χ1v) is 8.75. The number of benzene rings is 1. The van der Waals surface area contributed by atoms with Gasteiger partial charge in [0, 0.05) is 10.5 Å². The Morgan fingerprint density at radius 3 is 2.42 bits per heavy atom. The molecule has 0 aliphatic rings. The summed E-state index contributed by atoms with van der Waals surface area (Å²) in [5.74, 6) is -0.0870. The third-order valence-electron chi connectivity index (χ3n) is 3.81. The zero-order valence-electron chi connectivity index (χ0n) is 14.2. The van der Waals surface area contributed by atoms with E-state index in [4.69, 9.17) is 9.15 Å². The van der Waals surface area contributed by atoms with Crippen LogP contribution in [0.15, 0.2) is 39.8 Å². The van der Waals surface area contributed by atoms with Crippen molar-refractivity contribution in [1.29, 1.82) is 0 Å². The largest absolute Gasteiger partial charge is 0.469 e. The molecule has 1 N–H and O–H groups in total. The summed E-state index contributed by atoms with van der Waals surface area (Å²) in [6, 6.07) is 7.29. The fraction of sp³-hybridized carbons (Fsp3) is 0.333. The van der Waals surface area contributed by atoms with Crippen molar-refractivity contribution in [2.24, 2.45) is 0 Å². The molecular weight excluding hydrogens is 326 g/mol. The maximum Gasteiger partial charge on any atom is 0.307 e. The van der Waals surface area contributed by atoms with Crippen LogP contribution in [0.1, 0.15) is 39.7 Å². The Labute approximate surface area is 145 Å². The van der Waals surface area contributed by atoms with Crippen LogP contribution in [-0.2, 0) is 9.53 Å². The van der Waals surface area contributed by atoms with Gasteiger partial charge in [-0.3, -0.25) is 9.59 Å². The molecule has 0 aliphatic carbocycles. The highest BCUT2D eigenvalue weighted by Crippen LogP contribution is 2.23. The number of methoxy groups -OCH3 is 1. The molecule has 1 atom stereocenters. The first-order chi connectivity index (χ1) is 11.5. The number of esters is 1. The van der Waals surface area contributed by atoms with E-state index in [9.17, 15) is 9.59 Å². The monoisotopic (exact) mass is 347 g/mol. The molecule has 1 unspecified atom stereocenters. The molecule has 0 saturated carbocycles. The van der Waals surface area contributed by atoms with Gasteiger partial charge in [-0.05, 0) is 37.8 Å². The van der Waals surface area contributed by atoms with Crippen molar-refractivity contribution in [1.82, 2.24) is 5.32 Å². The fourth-order valence-corrected chi connectivity index (χ4v) is 2.89. The number of furan rings is 1. The first-order valence-electron chi connectivity index (χ1n) is 7.52. The Bertz CT molecular complexity index is 702. The Balaban J connectivity index is 2.25. The fourth-order valence-electron chi connectivity index (χ4n) is 2.48. The van der Waals surface area contributed by atoms with E-state index >= 15 is 0 Å². The smallest absolute Gasteiger partial charge is 0.307 e. The number of thioether (sulfide) groups is 1. The van der Waals surface area contributed by atoms with E-state index in [0.717, 1.165) is 16.0 Å². The van der Waals surface area contributed by atoms with Crippen LogP contribution in [-0.4, -0.2) is 25.2 Å². The van der Waals surface area contributed by atoms with Crippen LogP contribution >= 0.6 is 11.8 Å². The molecule has 0 saturated heterocycles. The highest BCUT2D eigenvalue weighted by atomic mass is 32.2. The molecule has 0 spiro atoms. The van der Waals surface area contributed by atoms with Gasteiger partial charge in [-0.15, -0.1) is 11.8 Å². The van der Waals surface area contributed by atoms with Crippen molar-refractivity contribution < 1.29 is 18.7 Å². The van der Waals surface area contributed by atoms with Crippen molar-refractivity contribution >= 4 is 23.6 Å². The maximum atomic E-state index is 12.6. The number of hydrogen-bond donors (Lipinski definition) is 1. The minimum atomic E-state index is -0.463. The van der Waals surface area contributed by atoms with Gasteiger partial charge < -0.3 is 14.5 Å². The van der Waals surface area contributed by atoms with Crippen LogP contribution in [0.3, 0.4) is 0 Å². The lowest BCUT2D eigenvalue weighted by atomic mass is 10.0. The van der Waals surface area contributed by atoms with E-state index in [0.29, 0.717) is 11.3 Å². The zero-order chi connectivity index (χ0) is 17.7. The number of hydrogen-bond acceptors (Lipinski definition) is 5. The molecule has 2 aromatic rings. The molecule has 0 aliphatic heterocycles. The van der Waals surface area contributed by atoms with Crippen molar-refractivity contribution in [3.63, 3.8) is 0 Å². The predicted octanol–water partition coefficient (Wildman–Crippen LogP) is 3.65. The standard InChI is InChI=1S/C18H21NO4S/c1-11-10-23-12(2)17(11)18(21)19-15(9-16(20)22-3)13-5-7-14(24-4)8-6-13/h5-8,10,15H,9H2,1-4H3,(H,19,21). The number of aryl methyl sites for hydroxylation is 2. The van der Waals surface area contributed by atoms with Crippen LogP contribution in [0.5, 0.6) is 0 Å². The number of nitrogens with one attached hydrogen (secondary N) is 1. The summed E-state index contributed by atoms with van der Waals surface area (Å²) in [5, 5.41) is 2.91. The quantitative estimate of drug-likeness (QED) is 0.638. The van der Waals surface area contributed by atoms with Gasteiger partial charge in [0.15, 0.2) is 0 Å². The Morgan fingerprint density at radius 1 is 1.25 bits per heavy atom. The molecule has 24 heavy (non-hydrogen) atoms. The van der Waals surface area contributed by atoms with Crippen LogP contribution in [0.4, 0.5) is 0 Å². The van der Waals surface area contributed by atoms with Crippen LogP contribution in [0, 0.1) is 13.8 Å². The maximum absolute atomic E-state index is 12.6. The summed E-state index contributed by atoms with van der Waals surface area (Å²) in [5.41, 5.74) is 2.12. The van der Waals surface area contributed by atoms with E-state index in [2.05, 4.69) is 5.32 Å². The highest BCUT2D eigenvalue weighted by molar-refractivity contribution is 7.98. The average Bonchev–Trinajstić information content (AvgIpc) is 2.92. The van der Waals surface area contributed by atoms with Crippen LogP contribution in [0.25, 0.3) is 0 Å². The SMILES string of the molecule is COC(=O)CC(NC(=O)c1c(C)coc1C)c1ccc(SC)cc1. The van der Waals surface area contributed by atoms with Crippen molar-refractivity contribution in [2.45, 2.75) is 31.2 Å². The second-order valence-electron chi connectivity index (χ2n) is 5.43. The van der Waals surface area contributed by atoms with E-state index in [-0.39, 0.29) is 18.3 Å². The van der Waals surface area contributed by atoms with Gasteiger partial charge in [0.1, 0.15) is 5.76 Å². The van der Waals surface area contributed by atoms with Gasteiger partial charge in [0.25, 0.3) is 5.91 Å². The molecule has 0 bridgehead atoms. The van der Waals surface area contributed by atoms with E-state index < -0.39 is 6.04 Å². The predicted molar refractivity (Wildman–Crippen MR) is 93.2 cm³/mol. The number of rotatable bonds is 6. The Morgan fingerprint density at radius 2 is 1.92 bits per heavy atom. The van der Waals surface area contributed by atoms with Crippen LogP contribution in [0.2, 0.25) is 0 Å². The molecule has 5 nitrogen and oxygen atoms in total. The molecule has 0 radical (unpaired) electrons. The van der Waals surface area contributed by atoms with E-state index in [1.165, 1.54) is 7.11 Å². The molecular formula is C18H21NO4S. The number of ether oxygens (including phenoxy) is 1. The third kappa shape index (κ3) is 4.20. The summed E-state index contributed by atoms with van der Waals surface area (Å²) in [7, 11) is 1.34. The first kappa shape index (κ1) is 18.1. The molecule has 2 rings (SSSR count). The molecule has 1 aromatic carbocycles. The molecule has 1 heterocycles. The second-order valence-corrected chi connectivity index (χ2v) is 6.31. The third-order valence-corrected chi connectivity index (χ3v) is 4.55. The molecule has 1 aromatic heterocycles. The number of amides is 1. The lowest BCUT2D eigenvalue weighted by Gasteiger charge is -2.18. The van der Waals surface area contributed by atoms with Gasteiger partial charge in [-0.25, -0.2) is 0 Å². The van der Waals surface area contributed by atoms with Crippen LogP contribution < -0.4 is 5.32 Å². The summed E-state index contributed by atoms with van der Waals surface area (Å²) in [4.78, 5) is 25.4. The molecule has 1 amide bonds. The van der Waals surface area contributed by atoms with Gasteiger partial charge in [-0.2, -0.15) is 0 Å². The summed E-state index contributed by atoms with van der Waals surface area (Å²) in [6.45, 7) is 3.55. The zero-order valence-corrected chi connectivity index (χ0v) is 15.0. The Kier molecular flexibility index (Phi) is 6.09. The molecule has 6 heteroatoms. The second kappa shape index (κ2) is 8.06.